The van der Waals surface area contributed by atoms with Crippen molar-refractivity contribution in [3.63, 3.8) is 0 Å². The molecule has 72 valence electrons. The van der Waals surface area contributed by atoms with Crippen LogP contribution in [0.15, 0.2) is 28.4 Å². The Morgan fingerprint density at radius 3 is 2.86 bits per heavy atom. The van der Waals surface area contributed by atoms with Gasteiger partial charge in [-0.25, -0.2) is 0 Å². The van der Waals surface area contributed by atoms with E-state index in [-0.39, 0.29) is 5.41 Å². The molecule has 2 rings (SSSR count). The van der Waals surface area contributed by atoms with E-state index in [4.69, 9.17) is 9.68 Å². The molecule has 2 nitrogen and oxygen atoms in total. The Labute approximate surface area is 83.8 Å². The van der Waals surface area contributed by atoms with Crippen molar-refractivity contribution >= 4 is 6.08 Å². The van der Waals surface area contributed by atoms with Crippen LogP contribution in [-0.4, -0.2) is 0 Å². The summed E-state index contributed by atoms with van der Waals surface area (Å²) in [5, 5.41) is 9.11. The summed E-state index contributed by atoms with van der Waals surface area (Å²) in [6, 6.07) is 6.19. The van der Waals surface area contributed by atoms with E-state index in [0.717, 1.165) is 30.6 Å². The number of rotatable bonds is 2. The Bertz CT molecular complexity index is 377. The monoisotopic (exact) mass is 187 g/mol. The van der Waals surface area contributed by atoms with Gasteiger partial charge in [0, 0.05) is 0 Å². The van der Waals surface area contributed by atoms with Crippen LogP contribution in [0.25, 0.3) is 6.08 Å². The Hall–Kier alpha value is -1.49. The Balaban J connectivity index is 2.23. The summed E-state index contributed by atoms with van der Waals surface area (Å²) in [6.45, 7) is 2.02. The van der Waals surface area contributed by atoms with E-state index in [1.54, 1.807) is 6.26 Å². The molecule has 1 saturated carbocycles. The first-order valence-corrected chi connectivity index (χ1v) is 4.90. The zero-order chi connectivity index (χ0) is 10.0. The minimum Gasteiger partial charge on any atom is -0.465 e. The summed E-state index contributed by atoms with van der Waals surface area (Å²) in [6.07, 6.45) is 6.78. The zero-order valence-electron chi connectivity index (χ0n) is 8.29. The van der Waals surface area contributed by atoms with Crippen molar-refractivity contribution in [2.45, 2.75) is 26.2 Å². The van der Waals surface area contributed by atoms with Gasteiger partial charge < -0.3 is 4.42 Å². The van der Waals surface area contributed by atoms with Crippen LogP contribution >= 0.6 is 0 Å². The summed E-state index contributed by atoms with van der Waals surface area (Å²) in [4.78, 5) is 0. The van der Waals surface area contributed by atoms with Gasteiger partial charge in [0.2, 0.25) is 0 Å². The van der Waals surface area contributed by atoms with E-state index in [1.165, 1.54) is 0 Å². The molecule has 0 aromatic carbocycles. The number of nitriles is 1. The van der Waals surface area contributed by atoms with Crippen molar-refractivity contribution in [3.8, 4) is 6.07 Å². The molecule has 0 radical (unpaired) electrons. The van der Waals surface area contributed by atoms with Crippen molar-refractivity contribution in [1.82, 2.24) is 0 Å². The lowest BCUT2D eigenvalue weighted by Crippen LogP contribution is -2.28. The van der Waals surface area contributed by atoms with Crippen molar-refractivity contribution < 1.29 is 4.42 Å². The van der Waals surface area contributed by atoms with Crippen molar-refractivity contribution in [2.24, 2.45) is 5.41 Å². The number of allylic oxidation sites excluding steroid dienone is 1. The second-order valence-corrected chi connectivity index (χ2v) is 3.89. The van der Waals surface area contributed by atoms with Gasteiger partial charge >= 0.3 is 0 Å². The lowest BCUT2D eigenvalue weighted by atomic mass is 9.65. The Kier molecular flexibility index (Phi) is 2.17. The van der Waals surface area contributed by atoms with E-state index in [1.807, 2.05) is 25.1 Å². The first-order valence-electron chi connectivity index (χ1n) is 4.90. The van der Waals surface area contributed by atoms with Crippen molar-refractivity contribution in [2.75, 3.05) is 0 Å². The van der Waals surface area contributed by atoms with Crippen LogP contribution in [0, 0.1) is 16.7 Å². The fourth-order valence-electron chi connectivity index (χ4n) is 1.85. The highest BCUT2D eigenvalue weighted by Crippen LogP contribution is 2.46. The van der Waals surface area contributed by atoms with Gasteiger partial charge in [-0.15, -0.1) is 0 Å². The summed E-state index contributed by atoms with van der Waals surface area (Å²) in [5.41, 5.74) is 0.925. The fourth-order valence-corrected chi connectivity index (χ4v) is 1.85. The van der Waals surface area contributed by atoms with Crippen LogP contribution in [-0.2, 0) is 0 Å². The van der Waals surface area contributed by atoms with E-state index in [9.17, 15) is 0 Å². The third-order valence-electron chi connectivity index (χ3n) is 3.08. The molecule has 1 aliphatic rings. The van der Waals surface area contributed by atoms with E-state index in [0.29, 0.717) is 0 Å². The van der Waals surface area contributed by atoms with Gasteiger partial charge in [-0.3, -0.25) is 0 Å². The molecule has 0 saturated heterocycles. The lowest BCUT2D eigenvalue weighted by molar-refractivity contribution is 0.270. The number of furan rings is 1. The molecule has 0 atom stereocenters. The average Bonchev–Trinajstić information content (AvgIpc) is 2.55. The van der Waals surface area contributed by atoms with Gasteiger partial charge in [0.25, 0.3) is 0 Å². The van der Waals surface area contributed by atoms with E-state index < -0.39 is 0 Å². The van der Waals surface area contributed by atoms with Gasteiger partial charge in [-0.1, -0.05) is 0 Å². The zero-order valence-corrected chi connectivity index (χ0v) is 8.29. The molecular weight excluding hydrogens is 174 g/mol. The van der Waals surface area contributed by atoms with E-state index in [2.05, 4.69) is 6.07 Å². The van der Waals surface area contributed by atoms with Crippen LogP contribution in [0.2, 0.25) is 0 Å². The summed E-state index contributed by atoms with van der Waals surface area (Å²) in [7, 11) is 0. The maximum absolute atomic E-state index is 9.11. The van der Waals surface area contributed by atoms with Crippen molar-refractivity contribution in [3.05, 3.63) is 29.7 Å². The second kappa shape index (κ2) is 3.34. The third-order valence-corrected chi connectivity index (χ3v) is 3.08. The largest absolute Gasteiger partial charge is 0.465 e. The maximum Gasteiger partial charge on any atom is 0.126 e. The fraction of sp³-hybridized carbons (Fsp3) is 0.417. The van der Waals surface area contributed by atoms with Crippen LogP contribution in [0.5, 0.6) is 0 Å². The molecular formula is C12H13NO. The highest BCUT2D eigenvalue weighted by Gasteiger charge is 2.38. The molecule has 1 fully saturated rings. The van der Waals surface area contributed by atoms with Gasteiger partial charge in [0.05, 0.1) is 17.7 Å². The van der Waals surface area contributed by atoms with Gasteiger partial charge in [0.15, 0.2) is 0 Å². The molecule has 1 aromatic heterocycles. The molecule has 0 amide bonds. The predicted molar refractivity (Wildman–Crippen MR) is 54.3 cm³/mol. The lowest BCUT2D eigenvalue weighted by Gasteiger charge is -2.36. The first kappa shape index (κ1) is 9.08. The summed E-state index contributed by atoms with van der Waals surface area (Å²) >= 11 is 0. The van der Waals surface area contributed by atoms with Crippen LogP contribution in [0.4, 0.5) is 0 Å². The minimum atomic E-state index is -0.202. The summed E-state index contributed by atoms with van der Waals surface area (Å²) in [5.74, 6) is 0.837. The molecule has 2 heteroatoms. The van der Waals surface area contributed by atoms with Crippen LogP contribution in [0.1, 0.15) is 31.9 Å². The number of hydrogen-bond donors (Lipinski definition) is 0. The molecule has 14 heavy (non-hydrogen) atoms. The molecule has 0 N–H and O–H groups in total. The summed E-state index contributed by atoms with van der Waals surface area (Å²) < 4.78 is 5.23. The molecule has 0 aliphatic heterocycles. The Morgan fingerprint density at radius 1 is 1.64 bits per heavy atom. The number of nitrogens with zero attached hydrogens (tertiary/aromatic N) is 1. The highest BCUT2D eigenvalue weighted by atomic mass is 16.3. The Morgan fingerprint density at radius 2 is 2.43 bits per heavy atom. The molecule has 0 bridgehead atoms. The molecule has 1 aliphatic carbocycles. The number of hydrogen-bond acceptors (Lipinski definition) is 2. The van der Waals surface area contributed by atoms with Gasteiger partial charge in [-0.05, 0) is 50.0 Å². The van der Waals surface area contributed by atoms with Gasteiger partial charge in [0.1, 0.15) is 5.76 Å². The molecule has 1 heterocycles. The van der Waals surface area contributed by atoms with Crippen LogP contribution in [0.3, 0.4) is 0 Å². The topological polar surface area (TPSA) is 36.9 Å². The standard InChI is InChI=1S/C12H13NO/c1-10(8-11-4-2-7-14-11)12(9-13)5-3-6-12/h2,4,7-8H,3,5-6H2,1H3/b10-8+. The average molecular weight is 187 g/mol. The molecule has 1 aromatic rings. The highest BCUT2D eigenvalue weighted by molar-refractivity contribution is 5.51. The SMILES string of the molecule is C/C(=C\c1ccco1)C1(C#N)CCC1. The third kappa shape index (κ3) is 1.35. The van der Waals surface area contributed by atoms with E-state index >= 15 is 0 Å². The predicted octanol–water partition coefficient (Wildman–Crippen LogP) is 3.38. The van der Waals surface area contributed by atoms with Crippen LogP contribution < -0.4 is 0 Å². The smallest absolute Gasteiger partial charge is 0.126 e. The quantitative estimate of drug-likeness (QED) is 0.711. The molecule has 0 unspecified atom stereocenters. The van der Waals surface area contributed by atoms with Gasteiger partial charge in [-0.2, -0.15) is 5.26 Å². The molecule has 0 spiro atoms. The normalized spacial score (nSPS) is 19.9. The first-order chi connectivity index (χ1) is 6.77. The second-order valence-electron chi connectivity index (χ2n) is 3.89. The van der Waals surface area contributed by atoms with Crippen molar-refractivity contribution in [1.29, 1.82) is 5.26 Å². The maximum atomic E-state index is 9.11. The minimum absolute atomic E-state index is 0.202.